The van der Waals surface area contributed by atoms with Crippen LogP contribution < -0.4 is 0 Å². The van der Waals surface area contributed by atoms with Gasteiger partial charge in [-0.3, -0.25) is 0 Å². The zero-order valence-electron chi connectivity index (χ0n) is 42.2. The predicted octanol–water partition coefficient (Wildman–Crippen LogP) is 18.3. The maximum absolute atomic E-state index is 15.4. The molecule has 76 heavy (non-hydrogen) atoms. The molecule has 5 nitrogen and oxygen atoms in total. The van der Waals surface area contributed by atoms with Crippen molar-refractivity contribution in [1.82, 2.24) is 24.1 Å². The van der Waals surface area contributed by atoms with Crippen molar-refractivity contribution in [3.8, 4) is 78.9 Å². The fraction of sp³-hybridized carbons (Fsp3) is 0.0735. The summed E-state index contributed by atoms with van der Waals surface area (Å²) in [6.45, 7) is 8.42. The van der Waals surface area contributed by atoms with E-state index in [1.165, 1.54) is 34.4 Å². The number of aryl methyl sites for hydroxylation is 4. The lowest BCUT2D eigenvalue weighted by atomic mass is 9.96. The van der Waals surface area contributed by atoms with Gasteiger partial charge in [0, 0.05) is 49.4 Å². The Morgan fingerprint density at radius 3 is 1.21 bits per heavy atom. The normalized spacial score (nSPS) is 11.9. The molecule has 0 unspecified atom stereocenters. The van der Waals surface area contributed by atoms with Gasteiger partial charge in [-0.15, -0.1) is 0 Å². The molecule has 0 fully saturated rings. The van der Waals surface area contributed by atoms with Gasteiger partial charge in [0.15, 0.2) is 17.5 Å². The molecule has 0 spiro atoms. The highest BCUT2D eigenvalue weighted by Crippen LogP contribution is 2.45. The molecule has 0 saturated carbocycles. The third kappa shape index (κ3) is 8.19. The minimum atomic E-state index is -4.64. The van der Waals surface area contributed by atoms with Crippen LogP contribution in [-0.2, 0) is 6.18 Å². The van der Waals surface area contributed by atoms with Gasteiger partial charge in [0.05, 0.1) is 39.0 Å². The quantitative estimate of drug-likeness (QED) is 0.152. The van der Waals surface area contributed by atoms with E-state index in [1.807, 2.05) is 109 Å². The van der Waals surface area contributed by atoms with Gasteiger partial charge in [0.25, 0.3) is 0 Å². The molecule has 13 rings (SSSR count). The van der Waals surface area contributed by atoms with Crippen LogP contribution in [0.15, 0.2) is 218 Å². The fourth-order valence-electron chi connectivity index (χ4n) is 11.3. The number of hydrogen-bond acceptors (Lipinski definition) is 3. The van der Waals surface area contributed by atoms with E-state index in [1.54, 1.807) is 6.07 Å². The van der Waals surface area contributed by atoms with Crippen LogP contribution in [0.2, 0.25) is 0 Å². The van der Waals surface area contributed by atoms with E-state index in [2.05, 4.69) is 128 Å². The van der Waals surface area contributed by atoms with Gasteiger partial charge in [-0.05, 0) is 111 Å². The van der Waals surface area contributed by atoms with Crippen LogP contribution in [0.4, 0.5) is 13.2 Å². The van der Waals surface area contributed by atoms with Gasteiger partial charge in [-0.25, -0.2) is 15.0 Å². The molecule has 0 aliphatic rings. The van der Waals surface area contributed by atoms with Gasteiger partial charge in [-0.1, -0.05) is 180 Å². The molecule has 0 aliphatic carbocycles. The van der Waals surface area contributed by atoms with Gasteiger partial charge in [0.2, 0.25) is 0 Å². The lowest BCUT2D eigenvalue weighted by Crippen LogP contribution is -2.08. The molecule has 366 valence electrons. The van der Waals surface area contributed by atoms with Crippen LogP contribution in [0.5, 0.6) is 0 Å². The number of rotatable bonds is 8. The Morgan fingerprint density at radius 1 is 0.303 bits per heavy atom. The smallest absolute Gasteiger partial charge is 0.309 e. The van der Waals surface area contributed by atoms with Crippen molar-refractivity contribution in [3.63, 3.8) is 0 Å². The van der Waals surface area contributed by atoms with Crippen LogP contribution in [0.1, 0.15) is 27.8 Å². The standard InChI is InChI=1S/C68H48F3N5/c1-41-31-42(2)34-50(33-41)47-24-28-61-56(37-47)53-19-11-13-21-59(53)75(61)63-30-26-52(68(69,70)71)40-58(63)55-27-23-49(67-73-65(45-15-7-5-8-16-45)72-66(74-67)46-17-9-6-10-18-46)39-64(55)76-60-22-14-12-20-54(60)57-38-48(25-29-62(57)76)51-35-43(3)32-44(4)36-51/h5-40H,1-4H3. The van der Waals surface area contributed by atoms with E-state index >= 15 is 13.2 Å². The maximum atomic E-state index is 15.4. The highest BCUT2D eigenvalue weighted by atomic mass is 19.4. The van der Waals surface area contributed by atoms with Gasteiger partial charge in [0.1, 0.15) is 0 Å². The number of fused-ring (bicyclic) bond motifs is 6. The lowest BCUT2D eigenvalue weighted by Gasteiger charge is -2.21. The second kappa shape index (κ2) is 18.2. The Bertz CT molecular complexity index is 4340. The summed E-state index contributed by atoms with van der Waals surface area (Å²) in [6.07, 6.45) is -4.64. The first-order valence-corrected chi connectivity index (χ1v) is 25.4. The van der Waals surface area contributed by atoms with Crippen LogP contribution >= 0.6 is 0 Å². The van der Waals surface area contributed by atoms with Crippen molar-refractivity contribution in [2.45, 2.75) is 33.9 Å². The van der Waals surface area contributed by atoms with Crippen molar-refractivity contribution in [3.05, 3.63) is 246 Å². The van der Waals surface area contributed by atoms with Gasteiger partial charge >= 0.3 is 6.18 Å². The van der Waals surface area contributed by atoms with Crippen molar-refractivity contribution >= 4 is 43.6 Å². The van der Waals surface area contributed by atoms with Crippen molar-refractivity contribution < 1.29 is 13.2 Å². The van der Waals surface area contributed by atoms with Crippen LogP contribution in [0.25, 0.3) is 123 Å². The molecular weight excluding hydrogens is 944 g/mol. The summed E-state index contributed by atoms with van der Waals surface area (Å²) in [7, 11) is 0. The van der Waals surface area contributed by atoms with Gasteiger partial charge in [-0.2, -0.15) is 13.2 Å². The molecule has 10 aromatic carbocycles. The number of hydrogen-bond donors (Lipinski definition) is 0. The van der Waals surface area contributed by atoms with E-state index in [9.17, 15) is 0 Å². The van der Waals surface area contributed by atoms with E-state index in [4.69, 9.17) is 15.0 Å². The maximum Gasteiger partial charge on any atom is 0.416 e. The lowest BCUT2D eigenvalue weighted by molar-refractivity contribution is -0.137. The molecule has 0 aliphatic heterocycles. The Balaban J connectivity index is 1.11. The summed E-state index contributed by atoms with van der Waals surface area (Å²) in [5.74, 6) is 1.42. The van der Waals surface area contributed by atoms with Crippen LogP contribution in [0.3, 0.4) is 0 Å². The monoisotopic (exact) mass is 991 g/mol. The highest BCUT2D eigenvalue weighted by molar-refractivity contribution is 6.13. The zero-order valence-corrected chi connectivity index (χ0v) is 42.2. The molecule has 0 amide bonds. The Hall–Kier alpha value is -9.40. The van der Waals surface area contributed by atoms with Crippen LogP contribution in [0, 0.1) is 27.7 Å². The number of benzene rings is 10. The number of alkyl halides is 3. The molecule has 0 bridgehead atoms. The first-order valence-electron chi connectivity index (χ1n) is 25.4. The SMILES string of the molecule is Cc1cc(C)cc(-c2ccc3c(c2)c2ccccc2n3-c2ccc(C(F)(F)F)cc2-c2ccc(-c3nc(-c4ccccc4)nc(-c4ccccc4)n3)cc2-n2c3ccccc3c3cc(-c4cc(C)cc(C)c4)ccc32)c1. The number of aromatic nitrogens is 5. The second-order valence-corrected chi connectivity index (χ2v) is 19.9. The van der Waals surface area contributed by atoms with Crippen molar-refractivity contribution in [2.75, 3.05) is 0 Å². The fourth-order valence-corrected chi connectivity index (χ4v) is 11.3. The molecule has 0 saturated heterocycles. The second-order valence-electron chi connectivity index (χ2n) is 19.9. The summed E-state index contributed by atoms with van der Waals surface area (Å²) in [5, 5.41) is 4.00. The first-order chi connectivity index (χ1) is 36.9. The third-order valence-corrected chi connectivity index (χ3v) is 14.5. The summed E-state index contributed by atoms with van der Waals surface area (Å²) >= 11 is 0. The molecule has 3 heterocycles. The first kappa shape index (κ1) is 46.4. The predicted molar refractivity (Wildman–Crippen MR) is 305 cm³/mol. The average Bonchev–Trinajstić information content (AvgIpc) is 4.04. The largest absolute Gasteiger partial charge is 0.416 e. The Morgan fingerprint density at radius 2 is 0.724 bits per heavy atom. The molecular formula is C68H48F3N5. The topological polar surface area (TPSA) is 48.5 Å². The highest BCUT2D eigenvalue weighted by Gasteiger charge is 2.33. The van der Waals surface area contributed by atoms with E-state index < -0.39 is 11.7 Å². The van der Waals surface area contributed by atoms with E-state index in [0.717, 1.165) is 77.0 Å². The van der Waals surface area contributed by atoms with Crippen molar-refractivity contribution in [2.24, 2.45) is 0 Å². The zero-order chi connectivity index (χ0) is 51.8. The molecule has 8 heteroatoms. The minimum Gasteiger partial charge on any atom is -0.309 e. The molecule has 0 radical (unpaired) electrons. The Labute approximate surface area is 437 Å². The molecule has 13 aromatic rings. The summed E-state index contributed by atoms with van der Waals surface area (Å²) in [5.41, 5.74) is 16.4. The van der Waals surface area contributed by atoms with Gasteiger partial charge < -0.3 is 9.13 Å². The van der Waals surface area contributed by atoms with E-state index in [0.29, 0.717) is 45.5 Å². The summed E-state index contributed by atoms with van der Waals surface area (Å²) < 4.78 is 50.4. The average molecular weight is 992 g/mol. The number of nitrogens with zero attached hydrogens (tertiary/aromatic N) is 5. The third-order valence-electron chi connectivity index (χ3n) is 14.5. The van der Waals surface area contributed by atoms with Crippen LogP contribution in [-0.4, -0.2) is 24.1 Å². The molecule has 3 aromatic heterocycles. The van der Waals surface area contributed by atoms with Crippen molar-refractivity contribution in [1.29, 1.82) is 0 Å². The Kier molecular flexibility index (Phi) is 11.1. The number of halogens is 3. The minimum absolute atomic E-state index is 0.404. The van der Waals surface area contributed by atoms with E-state index in [-0.39, 0.29) is 0 Å². The summed E-state index contributed by atoms with van der Waals surface area (Å²) in [4.78, 5) is 15.2. The molecule has 0 atom stereocenters. The molecule has 0 N–H and O–H groups in total. The number of para-hydroxylation sites is 2. The summed E-state index contributed by atoms with van der Waals surface area (Å²) in [6, 6.07) is 72.1.